The van der Waals surface area contributed by atoms with E-state index in [1.165, 1.54) is 12.3 Å². The van der Waals surface area contributed by atoms with Crippen LogP contribution in [0.1, 0.15) is 125 Å². The van der Waals surface area contributed by atoms with Crippen LogP contribution < -0.4 is 21.3 Å². The molecule has 4 heterocycles. The van der Waals surface area contributed by atoms with Crippen molar-refractivity contribution in [1.82, 2.24) is 21.3 Å². The molecule has 0 aromatic heterocycles. The number of ketones is 3. The van der Waals surface area contributed by atoms with E-state index in [0.717, 1.165) is 12.0 Å². The molecular formula is C41H60N4O8. The third-order valence-electron chi connectivity index (χ3n) is 11.9. The molecule has 0 bridgehead atoms. The van der Waals surface area contributed by atoms with Gasteiger partial charge in [0.05, 0.1) is 5.41 Å². The lowest BCUT2D eigenvalue weighted by atomic mass is 9.71. The lowest BCUT2D eigenvalue weighted by Gasteiger charge is -2.35. The average molecular weight is 737 g/mol. The minimum Gasteiger partial charge on any atom is -0.355 e. The zero-order valence-electron chi connectivity index (χ0n) is 32.9. The van der Waals surface area contributed by atoms with E-state index < -0.39 is 21.7 Å². The molecule has 1 aromatic carbocycles. The third-order valence-corrected chi connectivity index (χ3v) is 11.9. The second-order valence-electron chi connectivity index (χ2n) is 14.1. The highest BCUT2D eigenvalue weighted by atomic mass is 16.2. The normalized spacial score (nSPS) is 24.0. The van der Waals surface area contributed by atoms with Crippen LogP contribution in [0.25, 0.3) is 0 Å². The Morgan fingerprint density at radius 2 is 1.17 bits per heavy atom. The summed E-state index contributed by atoms with van der Waals surface area (Å²) in [5.41, 5.74) is -1.76. The van der Waals surface area contributed by atoms with Crippen molar-refractivity contribution in [3.05, 3.63) is 48.2 Å². The third kappa shape index (κ3) is 9.19. The molecular weight excluding hydrogens is 676 g/mol. The first-order valence-electron chi connectivity index (χ1n) is 19.2. The summed E-state index contributed by atoms with van der Waals surface area (Å²) in [6.07, 6.45) is 8.69. The minimum atomic E-state index is -0.797. The van der Waals surface area contributed by atoms with E-state index in [4.69, 9.17) is 0 Å². The van der Waals surface area contributed by atoms with Crippen LogP contribution in [-0.2, 0) is 43.8 Å². The number of amides is 5. The van der Waals surface area contributed by atoms with Crippen LogP contribution >= 0.6 is 0 Å². The summed E-state index contributed by atoms with van der Waals surface area (Å²) in [4.78, 5) is 92.5. The quantitative estimate of drug-likeness (QED) is 0.217. The van der Waals surface area contributed by atoms with E-state index in [1.807, 2.05) is 85.7 Å². The molecule has 0 spiro atoms. The van der Waals surface area contributed by atoms with Crippen molar-refractivity contribution in [2.24, 2.45) is 22.2 Å². The number of Topliss-reactive ketones (excluding diaryl/α,β-unsaturated/α-hetero) is 2. The number of carbonyl (C=O) groups is 8. The highest BCUT2D eigenvalue weighted by Crippen LogP contribution is 2.36. The standard InChI is InChI=1S/C13H15NO2.C10H17NO2.C9H15NO2.C9H13NO2/c1-2-13(10-6-4-3-5-7-10)9-8-11(15)14-12(13)16;1-4-10(5-2)8(12)7(3)6-11-9(10)13;2*1-3-9(4-2)7(11)5-6-10-8(9)12/h3-7H,2,8-9H2,1H3,(H,14,15,16);7H,4-6H2,1-3H3,(H,11,13);3-6H2,1-2H3,(H,10,12);5-6H,3-4H2,1-2H3,(H,10,12). The molecule has 5 amide bonds. The zero-order valence-corrected chi connectivity index (χ0v) is 32.9. The van der Waals surface area contributed by atoms with Gasteiger partial charge in [-0.2, -0.15) is 0 Å². The van der Waals surface area contributed by atoms with E-state index in [0.29, 0.717) is 70.9 Å². The smallest absolute Gasteiger partial charge is 0.237 e. The van der Waals surface area contributed by atoms with Crippen molar-refractivity contribution in [3.8, 4) is 0 Å². The molecule has 12 nitrogen and oxygen atoms in total. The molecule has 53 heavy (non-hydrogen) atoms. The number of nitrogens with one attached hydrogen (secondary N) is 4. The molecule has 292 valence electrons. The maximum absolute atomic E-state index is 12.0. The number of rotatable bonds is 8. The predicted octanol–water partition coefficient (Wildman–Crippen LogP) is 4.79. The fraction of sp³-hybridized carbons (Fsp3) is 0.610. The van der Waals surface area contributed by atoms with Gasteiger partial charge in [0.1, 0.15) is 22.0 Å². The van der Waals surface area contributed by atoms with Crippen molar-refractivity contribution in [2.75, 3.05) is 13.1 Å². The van der Waals surface area contributed by atoms with E-state index in [1.54, 1.807) is 0 Å². The number of hydrogen-bond donors (Lipinski definition) is 4. The van der Waals surface area contributed by atoms with Crippen molar-refractivity contribution < 1.29 is 38.4 Å². The maximum atomic E-state index is 12.0. The summed E-state index contributed by atoms with van der Waals surface area (Å²) in [5, 5.41) is 10.5. The summed E-state index contributed by atoms with van der Waals surface area (Å²) in [7, 11) is 0. The first-order valence-corrected chi connectivity index (χ1v) is 19.2. The van der Waals surface area contributed by atoms with E-state index >= 15 is 0 Å². The summed E-state index contributed by atoms with van der Waals surface area (Å²) in [5.74, 6) is -0.529. The molecule has 0 saturated carbocycles. The van der Waals surface area contributed by atoms with Gasteiger partial charge in [0.15, 0.2) is 11.6 Å². The summed E-state index contributed by atoms with van der Waals surface area (Å²) >= 11 is 0. The monoisotopic (exact) mass is 736 g/mol. The fourth-order valence-electron chi connectivity index (χ4n) is 7.65. The number of carbonyl (C=O) groups excluding carboxylic acids is 8. The van der Waals surface area contributed by atoms with Gasteiger partial charge in [-0.3, -0.25) is 43.7 Å². The Bertz CT molecular complexity index is 1520. The Labute approximate surface area is 314 Å². The van der Waals surface area contributed by atoms with Crippen molar-refractivity contribution >= 4 is 46.9 Å². The molecule has 0 radical (unpaired) electrons. The number of piperidine rings is 3. The summed E-state index contributed by atoms with van der Waals surface area (Å²) in [6, 6.07) is 9.70. The predicted molar refractivity (Wildman–Crippen MR) is 202 cm³/mol. The topological polar surface area (TPSA) is 185 Å². The van der Waals surface area contributed by atoms with E-state index in [2.05, 4.69) is 21.3 Å². The zero-order chi connectivity index (χ0) is 40.0. The molecule has 5 rings (SSSR count). The van der Waals surface area contributed by atoms with Gasteiger partial charge >= 0.3 is 0 Å². The van der Waals surface area contributed by atoms with Gasteiger partial charge in [-0.05, 0) is 63.0 Å². The van der Waals surface area contributed by atoms with Crippen LogP contribution in [0.4, 0.5) is 0 Å². The molecule has 1 aromatic rings. The highest BCUT2D eigenvalue weighted by Gasteiger charge is 2.47. The van der Waals surface area contributed by atoms with Crippen LogP contribution in [0.15, 0.2) is 42.6 Å². The molecule has 4 aliphatic heterocycles. The van der Waals surface area contributed by atoms with Gasteiger partial charge in [0.2, 0.25) is 29.5 Å². The number of allylic oxidation sites excluding steroid dienone is 1. The van der Waals surface area contributed by atoms with E-state index in [-0.39, 0.29) is 52.8 Å². The number of imide groups is 1. The Balaban J connectivity index is 0.000000247. The largest absolute Gasteiger partial charge is 0.355 e. The van der Waals surface area contributed by atoms with Gasteiger partial charge in [-0.15, -0.1) is 0 Å². The van der Waals surface area contributed by atoms with Gasteiger partial charge < -0.3 is 16.0 Å². The van der Waals surface area contributed by atoms with Gasteiger partial charge in [-0.25, -0.2) is 0 Å². The number of benzene rings is 1. The lowest BCUT2D eigenvalue weighted by molar-refractivity contribution is -0.149. The Kier molecular flexibility index (Phi) is 16.5. The molecule has 4 N–H and O–H groups in total. The van der Waals surface area contributed by atoms with Gasteiger partial charge in [0.25, 0.3) is 0 Å². The SMILES string of the molecule is CCC1(CC)C(=O)C=CNC1=O.CCC1(CC)C(=O)CCNC1=O.CCC1(CC)C(=O)NCC(C)C1=O.CCC1(c2ccccc2)CCC(=O)NC1=O. The Morgan fingerprint density at radius 3 is 1.58 bits per heavy atom. The lowest BCUT2D eigenvalue weighted by Crippen LogP contribution is -2.55. The van der Waals surface area contributed by atoms with E-state index in [9.17, 15) is 38.4 Å². The van der Waals surface area contributed by atoms with Crippen molar-refractivity contribution in [1.29, 1.82) is 0 Å². The van der Waals surface area contributed by atoms with Crippen LogP contribution in [0.2, 0.25) is 0 Å². The van der Waals surface area contributed by atoms with Crippen molar-refractivity contribution in [3.63, 3.8) is 0 Å². The molecule has 12 heteroatoms. The van der Waals surface area contributed by atoms with Gasteiger partial charge in [0, 0.05) is 38.0 Å². The van der Waals surface area contributed by atoms with Crippen LogP contribution in [0.3, 0.4) is 0 Å². The molecule has 4 aliphatic rings. The molecule has 2 atom stereocenters. The first kappa shape index (κ1) is 44.7. The maximum Gasteiger partial charge on any atom is 0.237 e. The molecule has 3 saturated heterocycles. The Morgan fingerprint density at radius 1 is 0.623 bits per heavy atom. The summed E-state index contributed by atoms with van der Waals surface area (Å²) in [6.45, 7) is 16.2. The number of hydrogen-bond acceptors (Lipinski definition) is 8. The minimum absolute atomic E-state index is 0.0300. The molecule has 0 aliphatic carbocycles. The molecule has 2 unspecified atom stereocenters. The summed E-state index contributed by atoms with van der Waals surface area (Å²) < 4.78 is 0. The Hall–Kier alpha value is -4.48. The van der Waals surface area contributed by atoms with Crippen LogP contribution in [0.5, 0.6) is 0 Å². The average Bonchev–Trinajstić information content (AvgIpc) is 3.16. The second-order valence-corrected chi connectivity index (χ2v) is 14.1. The second kappa shape index (κ2) is 19.6. The van der Waals surface area contributed by atoms with Gasteiger partial charge in [-0.1, -0.05) is 85.7 Å². The van der Waals surface area contributed by atoms with Crippen LogP contribution in [0, 0.1) is 22.2 Å². The molecule has 3 fully saturated rings. The van der Waals surface area contributed by atoms with Crippen molar-refractivity contribution in [2.45, 2.75) is 125 Å². The first-order chi connectivity index (χ1) is 25.1. The highest BCUT2D eigenvalue weighted by molar-refractivity contribution is 6.13. The fourth-order valence-corrected chi connectivity index (χ4v) is 7.65. The van der Waals surface area contributed by atoms with Crippen LogP contribution in [-0.4, -0.2) is 60.0 Å².